The maximum Gasteiger partial charge on any atom is 0.131 e. The van der Waals surface area contributed by atoms with Crippen molar-refractivity contribution >= 4 is 0 Å². The lowest BCUT2D eigenvalue weighted by molar-refractivity contribution is 0.400. The molecule has 0 saturated carbocycles. The van der Waals surface area contributed by atoms with E-state index in [1.165, 1.54) is 13.2 Å². The molecule has 3 nitrogen and oxygen atoms in total. The van der Waals surface area contributed by atoms with Gasteiger partial charge in [0.1, 0.15) is 17.3 Å². The first-order valence-electron chi connectivity index (χ1n) is 6.84. The predicted octanol–water partition coefficient (Wildman–Crippen LogP) is 3.69. The Hall–Kier alpha value is -2.07. The first kappa shape index (κ1) is 15.3. The van der Waals surface area contributed by atoms with Crippen LogP contribution in [0.15, 0.2) is 42.5 Å². The van der Waals surface area contributed by atoms with Crippen LogP contribution in [0.5, 0.6) is 11.5 Å². The van der Waals surface area contributed by atoms with Gasteiger partial charge in [-0.1, -0.05) is 24.3 Å². The molecule has 0 saturated heterocycles. The van der Waals surface area contributed by atoms with Crippen LogP contribution < -0.4 is 14.8 Å². The van der Waals surface area contributed by atoms with Crippen molar-refractivity contribution in [2.24, 2.45) is 0 Å². The number of hydrogen-bond acceptors (Lipinski definition) is 3. The fourth-order valence-corrected chi connectivity index (χ4v) is 2.20. The summed E-state index contributed by atoms with van der Waals surface area (Å²) in [6, 6.07) is 12.8. The average Bonchev–Trinajstić information content (AvgIpc) is 2.53. The lowest BCUT2D eigenvalue weighted by Crippen LogP contribution is -2.19. The molecule has 0 heterocycles. The minimum Gasteiger partial charge on any atom is -0.497 e. The number of methoxy groups -OCH3 is 2. The Labute approximate surface area is 124 Å². The zero-order valence-electron chi connectivity index (χ0n) is 12.5. The second-order valence-electron chi connectivity index (χ2n) is 4.80. The van der Waals surface area contributed by atoms with Crippen LogP contribution in [0.2, 0.25) is 0 Å². The van der Waals surface area contributed by atoms with E-state index in [1.54, 1.807) is 19.2 Å². The van der Waals surface area contributed by atoms with E-state index in [2.05, 4.69) is 5.32 Å². The molecule has 0 fully saturated rings. The molecule has 4 heteroatoms. The number of halogens is 1. The summed E-state index contributed by atoms with van der Waals surface area (Å²) in [6.07, 6.45) is 0. The quantitative estimate of drug-likeness (QED) is 0.879. The summed E-state index contributed by atoms with van der Waals surface area (Å²) in [7, 11) is 3.17. The van der Waals surface area contributed by atoms with Crippen molar-refractivity contribution in [3.05, 3.63) is 59.4 Å². The molecule has 1 atom stereocenters. The smallest absolute Gasteiger partial charge is 0.131 e. The van der Waals surface area contributed by atoms with Crippen LogP contribution in [0, 0.1) is 5.82 Å². The molecule has 0 unspecified atom stereocenters. The van der Waals surface area contributed by atoms with Gasteiger partial charge in [0.15, 0.2) is 0 Å². The molecule has 0 spiro atoms. The van der Waals surface area contributed by atoms with Crippen molar-refractivity contribution in [2.75, 3.05) is 14.2 Å². The zero-order chi connectivity index (χ0) is 15.2. The molecular formula is C17H20FNO2. The minimum atomic E-state index is -0.269. The van der Waals surface area contributed by atoms with Gasteiger partial charge in [0, 0.05) is 29.8 Å². The van der Waals surface area contributed by atoms with Gasteiger partial charge < -0.3 is 14.8 Å². The molecule has 0 bridgehead atoms. The fraction of sp³-hybridized carbons (Fsp3) is 0.294. The normalized spacial score (nSPS) is 12.0. The molecule has 0 aliphatic heterocycles. The molecule has 0 aromatic heterocycles. The maximum absolute atomic E-state index is 13.9. The van der Waals surface area contributed by atoms with E-state index in [4.69, 9.17) is 9.47 Å². The molecule has 21 heavy (non-hydrogen) atoms. The molecule has 2 aromatic rings. The number of rotatable bonds is 6. The van der Waals surface area contributed by atoms with Crippen molar-refractivity contribution in [1.82, 2.24) is 5.32 Å². The Kier molecular flexibility index (Phi) is 5.17. The van der Waals surface area contributed by atoms with E-state index in [0.29, 0.717) is 17.9 Å². The number of hydrogen-bond donors (Lipinski definition) is 1. The molecular weight excluding hydrogens is 269 g/mol. The van der Waals surface area contributed by atoms with E-state index in [9.17, 15) is 4.39 Å². The molecule has 0 aliphatic carbocycles. The topological polar surface area (TPSA) is 30.5 Å². The summed E-state index contributed by atoms with van der Waals surface area (Å²) < 4.78 is 24.2. The van der Waals surface area contributed by atoms with Crippen LogP contribution in [-0.4, -0.2) is 14.2 Å². The largest absolute Gasteiger partial charge is 0.497 e. The lowest BCUT2D eigenvalue weighted by Gasteiger charge is -2.17. The first-order valence-corrected chi connectivity index (χ1v) is 6.84. The van der Waals surface area contributed by atoms with Crippen LogP contribution in [0.25, 0.3) is 0 Å². The summed E-state index contributed by atoms with van der Waals surface area (Å²) in [5.74, 6) is 1.08. The summed E-state index contributed by atoms with van der Waals surface area (Å²) in [6.45, 7) is 2.47. The predicted molar refractivity (Wildman–Crippen MR) is 81.2 cm³/mol. The Morgan fingerprint density at radius 1 is 1.10 bits per heavy atom. The second kappa shape index (κ2) is 7.09. The van der Waals surface area contributed by atoms with Crippen LogP contribution in [0.4, 0.5) is 4.39 Å². The Balaban J connectivity index is 2.05. The van der Waals surface area contributed by atoms with Gasteiger partial charge in [0.2, 0.25) is 0 Å². The zero-order valence-corrected chi connectivity index (χ0v) is 12.5. The molecule has 112 valence electrons. The molecule has 0 radical (unpaired) electrons. The monoisotopic (exact) mass is 289 g/mol. The highest BCUT2D eigenvalue weighted by molar-refractivity contribution is 5.35. The Morgan fingerprint density at radius 3 is 2.52 bits per heavy atom. The Morgan fingerprint density at radius 2 is 1.86 bits per heavy atom. The van der Waals surface area contributed by atoms with Crippen LogP contribution in [0.3, 0.4) is 0 Å². The summed E-state index contributed by atoms with van der Waals surface area (Å²) in [4.78, 5) is 0. The standard InChI is InChI=1S/C17H20FNO2/c1-12(15-6-4-5-7-17(15)21-3)19-11-13-8-9-14(20-2)10-16(13)18/h4-10,12,19H,11H2,1-3H3/t12-/m1/s1. The van der Waals surface area contributed by atoms with E-state index in [1.807, 2.05) is 31.2 Å². The lowest BCUT2D eigenvalue weighted by atomic mass is 10.1. The number of benzene rings is 2. The third kappa shape index (κ3) is 3.73. The summed E-state index contributed by atoms with van der Waals surface area (Å²) >= 11 is 0. The van der Waals surface area contributed by atoms with Crippen molar-refractivity contribution in [1.29, 1.82) is 0 Å². The van der Waals surface area contributed by atoms with Gasteiger partial charge in [-0.15, -0.1) is 0 Å². The SMILES string of the molecule is COc1ccc(CN[C@H](C)c2ccccc2OC)c(F)c1. The molecule has 0 amide bonds. The van der Waals surface area contributed by atoms with Gasteiger partial charge in [-0.05, 0) is 19.1 Å². The molecule has 1 N–H and O–H groups in total. The van der Waals surface area contributed by atoms with Crippen LogP contribution in [0.1, 0.15) is 24.1 Å². The van der Waals surface area contributed by atoms with Gasteiger partial charge in [-0.3, -0.25) is 0 Å². The number of nitrogens with one attached hydrogen (secondary N) is 1. The van der Waals surface area contributed by atoms with Gasteiger partial charge in [0.05, 0.1) is 14.2 Å². The van der Waals surface area contributed by atoms with E-state index < -0.39 is 0 Å². The van der Waals surface area contributed by atoms with E-state index in [0.717, 1.165) is 11.3 Å². The Bertz CT molecular complexity index is 601. The molecule has 2 rings (SSSR count). The van der Waals surface area contributed by atoms with Gasteiger partial charge in [0.25, 0.3) is 0 Å². The summed E-state index contributed by atoms with van der Waals surface area (Å²) in [5, 5.41) is 3.31. The van der Waals surface area contributed by atoms with Gasteiger partial charge in [-0.25, -0.2) is 4.39 Å². The van der Waals surface area contributed by atoms with Crippen molar-refractivity contribution in [3.8, 4) is 11.5 Å². The number of ether oxygens (including phenoxy) is 2. The van der Waals surface area contributed by atoms with E-state index >= 15 is 0 Å². The van der Waals surface area contributed by atoms with Crippen molar-refractivity contribution in [2.45, 2.75) is 19.5 Å². The fourth-order valence-electron chi connectivity index (χ4n) is 2.20. The van der Waals surface area contributed by atoms with Gasteiger partial charge in [-0.2, -0.15) is 0 Å². The molecule has 2 aromatic carbocycles. The highest BCUT2D eigenvalue weighted by atomic mass is 19.1. The third-order valence-corrected chi connectivity index (χ3v) is 3.46. The van der Waals surface area contributed by atoms with Crippen LogP contribution in [-0.2, 0) is 6.54 Å². The van der Waals surface area contributed by atoms with Gasteiger partial charge >= 0.3 is 0 Å². The van der Waals surface area contributed by atoms with Crippen molar-refractivity contribution < 1.29 is 13.9 Å². The summed E-state index contributed by atoms with van der Waals surface area (Å²) in [5.41, 5.74) is 1.66. The van der Waals surface area contributed by atoms with Crippen molar-refractivity contribution in [3.63, 3.8) is 0 Å². The average molecular weight is 289 g/mol. The van der Waals surface area contributed by atoms with Crippen LogP contribution >= 0.6 is 0 Å². The first-order chi connectivity index (χ1) is 10.2. The maximum atomic E-state index is 13.9. The minimum absolute atomic E-state index is 0.0580. The second-order valence-corrected chi connectivity index (χ2v) is 4.80. The van der Waals surface area contributed by atoms with E-state index in [-0.39, 0.29) is 11.9 Å². The highest BCUT2D eigenvalue weighted by Crippen LogP contribution is 2.25. The third-order valence-electron chi connectivity index (χ3n) is 3.46. The number of para-hydroxylation sites is 1. The highest BCUT2D eigenvalue weighted by Gasteiger charge is 2.11. The molecule has 0 aliphatic rings.